The molecule has 5 N–H and O–H groups in total. The number of carbonyl (C=O) groups is 6. The number of ether oxygens (including phenoxy) is 3. The van der Waals surface area contributed by atoms with E-state index in [-0.39, 0.29) is 77.7 Å². The summed E-state index contributed by atoms with van der Waals surface area (Å²) in [5, 5.41) is 8.72. The number of carbonyl (C=O) groups excluding carboxylic acids is 6. The second-order valence-electron chi connectivity index (χ2n) is 24.0. The second-order valence-corrected chi connectivity index (χ2v) is 26.7. The van der Waals surface area contributed by atoms with Crippen molar-refractivity contribution in [1.82, 2.24) is 30.7 Å². The Kier molecular flexibility index (Phi) is 16.5. The average molecular weight is 1090 g/mol. The monoisotopic (exact) mass is 1090 g/mol. The molecule has 0 bridgehead atoms. The van der Waals surface area contributed by atoms with Crippen LogP contribution in [0.25, 0.3) is 0 Å². The Labute approximate surface area is 461 Å². The van der Waals surface area contributed by atoms with E-state index in [4.69, 9.17) is 19.9 Å². The van der Waals surface area contributed by atoms with Crippen LogP contribution in [0.2, 0.25) is 0 Å². The molecular weight excluding hydrogens is 1010 g/mol. The molecule has 4 heterocycles. The Balaban J connectivity index is 0.806. The maximum Gasteiger partial charge on any atom is 0.410 e. The number of nitrogens with one attached hydrogen (secondary N) is 3. The van der Waals surface area contributed by atoms with Crippen molar-refractivity contribution in [1.29, 1.82) is 0 Å². The summed E-state index contributed by atoms with van der Waals surface area (Å²) in [6.07, 6.45) is 1.94. The van der Waals surface area contributed by atoms with Crippen LogP contribution in [0, 0.1) is 22.7 Å². The molecule has 3 aromatic carbocycles. The van der Waals surface area contributed by atoms with Gasteiger partial charge in [0, 0.05) is 32.0 Å². The van der Waals surface area contributed by atoms with Gasteiger partial charge in [0.15, 0.2) is 0 Å². The SMILES string of the molecule is C[C@@H](C(=O)N[C@H]1CCS[C@H]2CC(C)(C)[C@@H](C(=O)N[C@H]3c4ccccc4C[C@H]3OCc3ccc(C#CCO[C@@H]4Cc5ccccc5[C@@H]4NC(=O)C4C[C@H](N)C(=O)N5CC(C)(C)C[C@@H]5S4)cc3)N2C1=O)N(C)C(=O)OC(C)(C)C. The van der Waals surface area contributed by atoms with Crippen LogP contribution in [0.1, 0.15) is 127 Å². The first-order valence-electron chi connectivity index (χ1n) is 27.0. The first kappa shape index (κ1) is 56.2. The van der Waals surface area contributed by atoms with Gasteiger partial charge in [0.05, 0.1) is 52.9 Å². The second kappa shape index (κ2) is 22.6. The number of fused-ring (bicyclic) bond motifs is 4. The Hall–Kier alpha value is -5.58. The molecule has 6 amide bonds. The van der Waals surface area contributed by atoms with E-state index in [1.165, 1.54) is 11.9 Å². The highest BCUT2D eigenvalue weighted by atomic mass is 32.2. The molecule has 6 aliphatic rings. The van der Waals surface area contributed by atoms with Gasteiger partial charge in [-0.15, -0.1) is 23.5 Å². The van der Waals surface area contributed by atoms with Gasteiger partial charge in [0.25, 0.3) is 0 Å². The molecule has 0 saturated carbocycles. The van der Waals surface area contributed by atoms with Gasteiger partial charge in [-0.2, -0.15) is 0 Å². The lowest BCUT2D eigenvalue weighted by atomic mass is 9.83. The number of thioether (sulfide) groups is 2. The third kappa shape index (κ3) is 12.5. The van der Waals surface area contributed by atoms with Crippen LogP contribution < -0.4 is 21.7 Å². The number of amides is 6. The molecule has 4 fully saturated rings. The predicted molar refractivity (Wildman–Crippen MR) is 297 cm³/mol. The lowest BCUT2D eigenvalue weighted by molar-refractivity contribution is -0.144. The van der Waals surface area contributed by atoms with Crippen LogP contribution in [0.5, 0.6) is 0 Å². The first-order chi connectivity index (χ1) is 36.5. The minimum Gasteiger partial charge on any atom is -0.444 e. The minimum atomic E-state index is -0.908. The Morgan fingerprint density at radius 3 is 2.10 bits per heavy atom. The normalized spacial score (nSPS) is 28.3. The van der Waals surface area contributed by atoms with Crippen LogP contribution in [0.15, 0.2) is 72.8 Å². The highest BCUT2D eigenvalue weighted by Gasteiger charge is 2.55. The quantitative estimate of drug-likeness (QED) is 0.146. The molecule has 11 atom stereocenters. The zero-order valence-corrected chi connectivity index (χ0v) is 47.4. The summed E-state index contributed by atoms with van der Waals surface area (Å²) in [6, 6.07) is 19.7. The zero-order valence-electron chi connectivity index (χ0n) is 45.8. The molecule has 2 aliphatic carbocycles. The fourth-order valence-corrected chi connectivity index (χ4v) is 15.1. The zero-order chi connectivity index (χ0) is 55.1. The summed E-state index contributed by atoms with van der Waals surface area (Å²) in [5.74, 6) is 5.70. The minimum absolute atomic E-state index is 0.0386. The van der Waals surface area contributed by atoms with E-state index in [9.17, 15) is 28.8 Å². The molecule has 0 radical (unpaired) electrons. The van der Waals surface area contributed by atoms with Crippen LogP contribution in [0.4, 0.5) is 4.79 Å². The van der Waals surface area contributed by atoms with Gasteiger partial charge in [-0.3, -0.25) is 28.9 Å². The fourth-order valence-electron chi connectivity index (χ4n) is 11.7. The number of nitrogens with two attached hydrogens (primary N) is 1. The molecule has 18 heteroatoms. The van der Waals surface area contributed by atoms with Crippen LogP contribution in [-0.2, 0) is 57.6 Å². The summed E-state index contributed by atoms with van der Waals surface area (Å²) in [6.45, 7) is 16.3. The fraction of sp³-hybridized carbons (Fsp3) is 0.559. The number of hydrogen-bond donors (Lipinski definition) is 4. The molecule has 3 aromatic rings. The summed E-state index contributed by atoms with van der Waals surface area (Å²) in [5.41, 5.74) is 10.9. The van der Waals surface area contributed by atoms with Crippen molar-refractivity contribution in [2.24, 2.45) is 16.6 Å². The van der Waals surface area contributed by atoms with E-state index in [1.807, 2.05) is 79.4 Å². The predicted octanol–water partition coefficient (Wildman–Crippen LogP) is 6.38. The maximum atomic E-state index is 14.8. The van der Waals surface area contributed by atoms with Crippen molar-refractivity contribution in [3.63, 3.8) is 0 Å². The van der Waals surface area contributed by atoms with Gasteiger partial charge < -0.3 is 45.7 Å². The van der Waals surface area contributed by atoms with Gasteiger partial charge in [0.2, 0.25) is 29.5 Å². The number of hydrogen-bond acceptors (Lipinski definition) is 12. The van der Waals surface area contributed by atoms with E-state index in [0.717, 1.165) is 39.8 Å². The molecule has 4 saturated heterocycles. The third-order valence-corrected chi connectivity index (χ3v) is 18.6. The smallest absolute Gasteiger partial charge is 0.410 e. The molecule has 4 aliphatic heterocycles. The standard InChI is InChI=1S/C59H75N7O9S2/c1-34(64(9)56(72)75-57(2,3)4)51(67)61-42-24-26-76-47-31-59(7,8)50(66(47)55(42)71)53(69)63-49-40-19-13-11-17-38(40)28-44(49)74-32-36-22-20-35(21-23-36)15-14-25-73-43-27-37-16-10-12-18-39(37)48(43)62-52(68)45-29-41(60)54(70)65-33-58(5,6)30-46(65)77-45/h10-13,16-23,34,41-50H,24-33,60H2,1-9H3,(H,61,67)(H,62,68)(H,63,69)/t34-,41-,42-,43+,44+,45?,46-,47-,48-,49-,50+/m0/s1. The Morgan fingerprint density at radius 1 is 0.831 bits per heavy atom. The largest absolute Gasteiger partial charge is 0.444 e. The van der Waals surface area contributed by atoms with Crippen molar-refractivity contribution in [2.75, 3.05) is 26.0 Å². The Morgan fingerprint density at radius 2 is 1.45 bits per heavy atom. The van der Waals surface area contributed by atoms with Crippen LogP contribution in [0.3, 0.4) is 0 Å². The summed E-state index contributed by atoms with van der Waals surface area (Å²) >= 11 is 3.16. The average Bonchev–Trinajstić information content (AvgIpc) is 4.16. The van der Waals surface area contributed by atoms with Gasteiger partial charge in [-0.25, -0.2) is 4.79 Å². The number of rotatable bonds is 12. The number of benzene rings is 3. The van der Waals surface area contributed by atoms with Crippen LogP contribution in [-0.4, -0.2) is 134 Å². The summed E-state index contributed by atoms with van der Waals surface area (Å²) < 4.78 is 18.5. The third-order valence-electron chi connectivity index (χ3n) is 15.8. The van der Waals surface area contributed by atoms with E-state index in [0.29, 0.717) is 38.0 Å². The molecule has 412 valence electrons. The van der Waals surface area contributed by atoms with Crippen molar-refractivity contribution in [3.8, 4) is 11.8 Å². The molecule has 1 unspecified atom stereocenters. The van der Waals surface area contributed by atoms with Crippen molar-refractivity contribution in [3.05, 3.63) is 106 Å². The lowest BCUT2D eigenvalue weighted by Crippen LogP contribution is -2.58. The molecular formula is C59H75N7O9S2. The van der Waals surface area contributed by atoms with E-state index < -0.39 is 58.5 Å². The highest BCUT2D eigenvalue weighted by Crippen LogP contribution is 2.48. The summed E-state index contributed by atoms with van der Waals surface area (Å²) in [7, 11) is 1.49. The maximum absolute atomic E-state index is 14.8. The lowest BCUT2D eigenvalue weighted by Gasteiger charge is -2.35. The van der Waals surface area contributed by atoms with E-state index in [1.54, 1.807) is 56.1 Å². The van der Waals surface area contributed by atoms with E-state index >= 15 is 0 Å². The summed E-state index contributed by atoms with van der Waals surface area (Å²) in [4.78, 5) is 87.6. The molecule has 16 nitrogen and oxygen atoms in total. The van der Waals surface area contributed by atoms with Crippen LogP contribution >= 0.6 is 23.5 Å². The number of nitrogens with zero attached hydrogens (tertiary/aromatic N) is 3. The van der Waals surface area contributed by atoms with Crippen molar-refractivity contribution in [2.45, 2.75) is 171 Å². The van der Waals surface area contributed by atoms with Gasteiger partial charge in [0.1, 0.15) is 30.3 Å². The van der Waals surface area contributed by atoms with Gasteiger partial charge >= 0.3 is 6.09 Å². The topological polar surface area (TPSA) is 202 Å². The van der Waals surface area contributed by atoms with Gasteiger partial charge in [-0.1, -0.05) is 100 Å². The highest BCUT2D eigenvalue weighted by molar-refractivity contribution is 8.01. The van der Waals surface area contributed by atoms with E-state index in [2.05, 4.69) is 53.8 Å². The molecule has 9 rings (SSSR count). The first-order valence-corrected chi connectivity index (χ1v) is 28.9. The van der Waals surface area contributed by atoms with Gasteiger partial charge in [-0.05, 0) is 110 Å². The molecule has 0 spiro atoms. The van der Waals surface area contributed by atoms with Crippen molar-refractivity contribution >= 4 is 59.2 Å². The Bertz CT molecular complexity index is 2810. The number of likely N-dealkylation sites (N-methyl/N-ethyl adjacent to an activating group) is 1. The van der Waals surface area contributed by atoms with Crippen molar-refractivity contribution < 1.29 is 43.0 Å². The molecule has 0 aromatic heterocycles. The molecule has 77 heavy (non-hydrogen) atoms.